The topological polar surface area (TPSA) is 50.2 Å². The molecule has 0 aromatic carbocycles. The second-order valence-electron chi connectivity index (χ2n) is 5.54. The maximum atomic E-state index is 11.3. The molecule has 0 atom stereocenters. The van der Waals surface area contributed by atoms with E-state index in [2.05, 4.69) is 11.9 Å². The number of aryl methyl sites for hydroxylation is 2. The Kier molecular flexibility index (Phi) is 8.43. The Morgan fingerprint density at radius 2 is 1.76 bits per heavy atom. The third-order valence-corrected chi connectivity index (χ3v) is 4.57. The zero-order valence-corrected chi connectivity index (χ0v) is 14.3. The fraction of sp³-hybridized carbons (Fsp3) is 0.647. The largest absolute Gasteiger partial charge is 0.478 e. The summed E-state index contributed by atoms with van der Waals surface area (Å²) >= 11 is 1.58. The number of hydrogen-bond donors (Lipinski definition) is 1. The van der Waals surface area contributed by atoms with Gasteiger partial charge in [-0.3, -0.25) is 0 Å². The van der Waals surface area contributed by atoms with Crippen molar-refractivity contribution in [2.45, 2.75) is 70.7 Å². The number of hydrogen-bond acceptors (Lipinski definition) is 3. The number of carbonyl (C=O) groups is 1. The summed E-state index contributed by atoms with van der Waals surface area (Å²) in [5.74, 6) is 0.0753. The second kappa shape index (κ2) is 9.82. The highest BCUT2D eigenvalue weighted by atomic mass is 32.2. The first kappa shape index (κ1) is 18.0. The number of pyridine rings is 1. The third kappa shape index (κ3) is 6.51. The summed E-state index contributed by atoms with van der Waals surface area (Å²) in [4.78, 5) is 15.7. The van der Waals surface area contributed by atoms with Gasteiger partial charge in [0.15, 0.2) is 0 Å². The fourth-order valence-electron chi connectivity index (χ4n) is 2.40. The van der Waals surface area contributed by atoms with Crippen molar-refractivity contribution in [3.05, 3.63) is 22.9 Å². The number of unbranched alkanes of at least 4 members (excludes halogenated alkanes) is 6. The van der Waals surface area contributed by atoms with Crippen LogP contribution >= 0.6 is 11.8 Å². The molecule has 0 fully saturated rings. The molecule has 1 heterocycles. The maximum Gasteiger partial charge on any atom is 0.338 e. The van der Waals surface area contributed by atoms with Crippen LogP contribution in [0.3, 0.4) is 0 Å². The van der Waals surface area contributed by atoms with Crippen molar-refractivity contribution in [2.75, 3.05) is 5.75 Å². The molecule has 21 heavy (non-hydrogen) atoms. The Morgan fingerprint density at radius 3 is 2.38 bits per heavy atom. The number of aromatic carboxylic acids is 1. The molecule has 0 bridgehead atoms. The van der Waals surface area contributed by atoms with Gasteiger partial charge in [-0.05, 0) is 37.7 Å². The predicted molar refractivity (Wildman–Crippen MR) is 89.4 cm³/mol. The molecule has 0 amide bonds. The monoisotopic (exact) mass is 309 g/mol. The van der Waals surface area contributed by atoms with Crippen molar-refractivity contribution in [2.24, 2.45) is 0 Å². The number of nitrogens with zero attached hydrogens (tertiary/aromatic N) is 1. The van der Waals surface area contributed by atoms with Crippen molar-refractivity contribution in [1.82, 2.24) is 4.98 Å². The van der Waals surface area contributed by atoms with Gasteiger partial charge in [0.2, 0.25) is 0 Å². The van der Waals surface area contributed by atoms with Crippen molar-refractivity contribution in [3.63, 3.8) is 0 Å². The van der Waals surface area contributed by atoms with Crippen LogP contribution in [0.1, 0.15) is 73.5 Å². The molecule has 1 aromatic heterocycles. The number of carboxylic acids is 1. The first-order chi connectivity index (χ1) is 10.1. The lowest BCUT2D eigenvalue weighted by atomic mass is 10.1. The Bertz CT molecular complexity index is 460. The minimum Gasteiger partial charge on any atom is -0.478 e. The lowest BCUT2D eigenvalue weighted by Crippen LogP contribution is -2.05. The van der Waals surface area contributed by atoms with E-state index >= 15 is 0 Å². The highest BCUT2D eigenvalue weighted by Gasteiger charge is 2.15. The molecular formula is C17H27NO2S. The molecule has 0 spiro atoms. The number of thioether (sulfide) groups is 1. The van der Waals surface area contributed by atoms with Gasteiger partial charge in [0.05, 0.1) is 5.56 Å². The Morgan fingerprint density at radius 1 is 1.14 bits per heavy atom. The molecule has 0 aliphatic carbocycles. The fourth-order valence-corrected chi connectivity index (χ4v) is 3.54. The van der Waals surface area contributed by atoms with Gasteiger partial charge in [0, 0.05) is 5.69 Å². The van der Waals surface area contributed by atoms with Gasteiger partial charge in [0.25, 0.3) is 0 Å². The van der Waals surface area contributed by atoms with Gasteiger partial charge in [-0.15, -0.1) is 11.8 Å². The average Bonchev–Trinajstić information content (AvgIpc) is 2.40. The molecule has 118 valence electrons. The summed E-state index contributed by atoms with van der Waals surface area (Å²) in [6.07, 6.45) is 8.92. The number of aromatic nitrogens is 1. The van der Waals surface area contributed by atoms with Crippen LogP contribution in [0, 0.1) is 13.8 Å². The normalized spacial score (nSPS) is 10.8. The van der Waals surface area contributed by atoms with E-state index in [4.69, 9.17) is 0 Å². The molecule has 1 N–H and O–H groups in total. The molecule has 3 nitrogen and oxygen atoms in total. The zero-order chi connectivity index (χ0) is 15.7. The lowest BCUT2D eigenvalue weighted by molar-refractivity contribution is 0.0691. The average molecular weight is 309 g/mol. The van der Waals surface area contributed by atoms with Crippen molar-refractivity contribution in [1.29, 1.82) is 0 Å². The van der Waals surface area contributed by atoms with Crippen LogP contribution < -0.4 is 0 Å². The molecule has 1 rings (SSSR count). The molecule has 0 aliphatic heterocycles. The summed E-state index contributed by atoms with van der Waals surface area (Å²) < 4.78 is 0. The second-order valence-corrected chi connectivity index (χ2v) is 6.62. The van der Waals surface area contributed by atoms with Crippen molar-refractivity contribution < 1.29 is 9.90 Å². The molecule has 0 saturated heterocycles. The molecule has 1 aromatic rings. The van der Waals surface area contributed by atoms with E-state index in [9.17, 15) is 9.90 Å². The van der Waals surface area contributed by atoms with Crippen LogP contribution in [0.5, 0.6) is 0 Å². The number of carboxylic acid groups (broad SMARTS) is 1. The molecule has 0 aliphatic rings. The van der Waals surface area contributed by atoms with E-state index in [1.165, 1.54) is 38.5 Å². The van der Waals surface area contributed by atoms with Gasteiger partial charge in [-0.25, -0.2) is 9.78 Å². The van der Waals surface area contributed by atoms with Crippen molar-refractivity contribution in [3.8, 4) is 0 Å². The van der Waals surface area contributed by atoms with Crippen LogP contribution in [0.2, 0.25) is 0 Å². The maximum absolute atomic E-state index is 11.3. The Labute approximate surface area is 132 Å². The third-order valence-electron chi connectivity index (χ3n) is 3.51. The molecule has 0 unspecified atom stereocenters. The van der Waals surface area contributed by atoms with Gasteiger partial charge in [-0.1, -0.05) is 45.4 Å². The van der Waals surface area contributed by atoms with E-state index in [-0.39, 0.29) is 0 Å². The van der Waals surface area contributed by atoms with E-state index in [0.29, 0.717) is 10.6 Å². The molecular weight excluding hydrogens is 282 g/mol. The Hall–Kier alpha value is -1.03. The highest BCUT2D eigenvalue weighted by molar-refractivity contribution is 7.99. The van der Waals surface area contributed by atoms with Crippen LogP contribution in [-0.2, 0) is 0 Å². The van der Waals surface area contributed by atoms with Crippen LogP contribution in [0.4, 0.5) is 0 Å². The summed E-state index contributed by atoms with van der Waals surface area (Å²) in [7, 11) is 0. The van der Waals surface area contributed by atoms with Gasteiger partial charge in [-0.2, -0.15) is 0 Å². The van der Waals surface area contributed by atoms with Gasteiger partial charge in [0.1, 0.15) is 5.03 Å². The SMILES string of the molecule is CCCCCCCCCSc1nc(C)cc(C)c1C(=O)O. The minimum atomic E-state index is -0.873. The first-order valence-electron chi connectivity index (χ1n) is 7.90. The molecule has 0 saturated carbocycles. The van der Waals surface area contributed by atoms with E-state index in [1.54, 1.807) is 11.8 Å². The molecule has 4 heteroatoms. The van der Waals surface area contributed by atoms with Crippen LogP contribution in [0.25, 0.3) is 0 Å². The van der Waals surface area contributed by atoms with E-state index in [1.807, 2.05) is 19.9 Å². The van der Waals surface area contributed by atoms with Crippen molar-refractivity contribution >= 4 is 17.7 Å². The number of rotatable bonds is 10. The Balaban J connectivity index is 2.40. The van der Waals surface area contributed by atoms with E-state index in [0.717, 1.165) is 23.4 Å². The first-order valence-corrected chi connectivity index (χ1v) is 8.89. The van der Waals surface area contributed by atoms with E-state index < -0.39 is 5.97 Å². The minimum absolute atomic E-state index is 0.369. The summed E-state index contributed by atoms with van der Waals surface area (Å²) in [5.41, 5.74) is 2.06. The van der Waals surface area contributed by atoms with Gasteiger partial charge < -0.3 is 5.11 Å². The molecule has 0 radical (unpaired) electrons. The zero-order valence-electron chi connectivity index (χ0n) is 13.4. The summed E-state index contributed by atoms with van der Waals surface area (Å²) in [6.45, 7) is 5.99. The predicted octanol–water partition coefficient (Wildman–Crippen LogP) is 5.24. The quantitative estimate of drug-likeness (QED) is 0.474. The standard InChI is InChI=1S/C17H27NO2S/c1-4-5-6-7-8-9-10-11-21-16-15(17(19)20)13(2)12-14(3)18-16/h12H,4-11H2,1-3H3,(H,19,20). The van der Waals surface area contributed by atoms with Crippen LogP contribution in [-0.4, -0.2) is 21.8 Å². The van der Waals surface area contributed by atoms with Crippen LogP contribution in [0.15, 0.2) is 11.1 Å². The summed E-state index contributed by atoms with van der Waals surface area (Å²) in [6, 6.07) is 1.83. The highest BCUT2D eigenvalue weighted by Crippen LogP contribution is 2.25. The van der Waals surface area contributed by atoms with Gasteiger partial charge >= 0.3 is 5.97 Å². The summed E-state index contributed by atoms with van der Waals surface area (Å²) in [5, 5.41) is 9.98. The smallest absolute Gasteiger partial charge is 0.338 e. The lowest BCUT2D eigenvalue weighted by Gasteiger charge is -2.09.